The first-order valence-electron chi connectivity index (χ1n) is 5.12. The molecule has 1 heterocycles. The summed E-state index contributed by atoms with van der Waals surface area (Å²) < 4.78 is 0.814. The summed E-state index contributed by atoms with van der Waals surface area (Å²) in [6.45, 7) is 2.29. The number of hydrogen-bond donors (Lipinski definition) is 1. The number of hydrogen-bond acceptors (Lipinski definition) is 2. The molecule has 0 radical (unpaired) electrons. The molecular weight excluding hydrogens is 176 g/mol. The fraction of sp³-hybridized carbons (Fsp3) is 0.455. The topological polar surface area (TPSA) is 21.3 Å². The molecule has 1 saturated heterocycles. The van der Waals surface area contributed by atoms with Gasteiger partial charge in [-0.2, -0.15) is 0 Å². The van der Waals surface area contributed by atoms with Crippen LogP contribution in [0.4, 0.5) is 0 Å². The van der Waals surface area contributed by atoms with E-state index in [1.54, 1.807) is 0 Å². The molecule has 3 heteroatoms. The van der Waals surface area contributed by atoms with Crippen LogP contribution in [0.2, 0.25) is 0 Å². The molecule has 3 nitrogen and oxygen atoms in total. The minimum absolute atomic E-state index is 0.814. The van der Waals surface area contributed by atoms with Crippen molar-refractivity contribution in [3.05, 3.63) is 30.3 Å². The van der Waals surface area contributed by atoms with Crippen LogP contribution in [0.25, 0.3) is 0 Å². The van der Waals surface area contributed by atoms with E-state index in [1.165, 1.54) is 12.8 Å². The predicted octanol–water partition coefficient (Wildman–Crippen LogP) is 1.73. The zero-order chi connectivity index (χ0) is 9.86. The van der Waals surface area contributed by atoms with E-state index in [0.29, 0.717) is 0 Å². The maximum atomic E-state index is 5.52. The molecule has 0 aliphatic carbocycles. The molecule has 0 spiro atoms. The fourth-order valence-corrected chi connectivity index (χ4v) is 1.78. The Morgan fingerprint density at radius 3 is 2.43 bits per heavy atom. The predicted molar refractivity (Wildman–Crippen MR) is 55.4 cm³/mol. The highest BCUT2D eigenvalue weighted by Gasteiger charge is 2.27. The molecule has 1 aromatic carbocycles. The summed E-state index contributed by atoms with van der Waals surface area (Å²) in [6.07, 6.45) is 2.56. The normalized spacial score (nSPS) is 19.5. The zero-order valence-electron chi connectivity index (χ0n) is 8.57. The highest BCUT2D eigenvalue weighted by atomic mass is 16.7. The lowest BCUT2D eigenvalue weighted by atomic mass is 10.3. The molecule has 0 atom stereocenters. The van der Waals surface area contributed by atoms with Crippen LogP contribution in [-0.2, 0) is 0 Å². The van der Waals surface area contributed by atoms with Crippen LogP contribution < -0.4 is 10.4 Å². The van der Waals surface area contributed by atoms with Crippen LogP contribution in [-0.4, -0.2) is 24.7 Å². The summed E-state index contributed by atoms with van der Waals surface area (Å²) in [5, 5.41) is 0. The molecule has 0 aromatic heterocycles. The number of para-hydroxylation sites is 1. The Kier molecular flexibility index (Phi) is 2.70. The molecule has 14 heavy (non-hydrogen) atoms. The van der Waals surface area contributed by atoms with Gasteiger partial charge in [0.1, 0.15) is 0 Å². The summed E-state index contributed by atoms with van der Waals surface area (Å²) in [4.78, 5) is 5.52. The first-order valence-corrected chi connectivity index (χ1v) is 5.12. The van der Waals surface area contributed by atoms with E-state index in [0.717, 1.165) is 23.4 Å². The maximum absolute atomic E-state index is 5.52. The third-order valence-electron chi connectivity index (χ3n) is 2.68. The highest BCUT2D eigenvalue weighted by molar-refractivity contribution is 5.20. The van der Waals surface area contributed by atoms with Crippen molar-refractivity contribution >= 4 is 0 Å². The smallest absolute Gasteiger partial charge is 0.153 e. The Morgan fingerprint density at radius 1 is 1.14 bits per heavy atom. The Bertz CT molecular complexity index is 281. The van der Waals surface area contributed by atoms with Gasteiger partial charge in [-0.3, -0.25) is 0 Å². The minimum Gasteiger partial charge on any atom is -0.363 e. The van der Waals surface area contributed by atoms with E-state index in [9.17, 15) is 0 Å². The molecular formula is C11H17N2O+. The molecule has 1 fully saturated rings. The summed E-state index contributed by atoms with van der Waals surface area (Å²) >= 11 is 0. The molecule has 0 saturated carbocycles. The largest absolute Gasteiger partial charge is 0.363 e. The molecule has 1 N–H and O–H groups in total. The summed E-state index contributed by atoms with van der Waals surface area (Å²) in [5.74, 6) is 0.874. The van der Waals surface area contributed by atoms with Crippen molar-refractivity contribution in [1.29, 1.82) is 0 Å². The lowest BCUT2D eigenvalue weighted by Gasteiger charge is -2.27. The van der Waals surface area contributed by atoms with Crippen LogP contribution in [0.5, 0.6) is 5.75 Å². The van der Waals surface area contributed by atoms with Crippen LogP contribution in [0.1, 0.15) is 12.8 Å². The van der Waals surface area contributed by atoms with Gasteiger partial charge in [-0.15, -0.1) is 0 Å². The Labute approximate surface area is 84.8 Å². The second kappa shape index (κ2) is 3.98. The van der Waals surface area contributed by atoms with Crippen molar-refractivity contribution < 1.29 is 9.43 Å². The number of benzene rings is 1. The van der Waals surface area contributed by atoms with Crippen molar-refractivity contribution in [2.45, 2.75) is 12.8 Å². The molecule has 0 unspecified atom stereocenters. The van der Waals surface area contributed by atoms with E-state index >= 15 is 0 Å². The molecule has 2 rings (SSSR count). The average molecular weight is 193 g/mol. The van der Waals surface area contributed by atoms with E-state index in [-0.39, 0.29) is 0 Å². The third-order valence-corrected chi connectivity index (χ3v) is 2.68. The van der Waals surface area contributed by atoms with E-state index in [4.69, 9.17) is 4.84 Å². The van der Waals surface area contributed by atoms with Gasteiger partial charge in [-0.1, -0.05) is 18.2 Å². The lowest BCUT2D eigenvalue weighted by Crippen LogP contribution is -2.54. The fourth-order valence-electron chi connectivity index (χ4n) is 1.78. The monoisotopic (exact) mass is 193 g/mol. The van der Waals surface area contributed by atoms with Gasteiger partial charge in [-0.05, 0) is 12.1 Å². The number of likely N-dealkylation sites (tertiary alicyclic amines) is 1. The molecule has 1 aliphatic heterocycles. The summed E-state index contributed by atoms with van der Waals surface area (Å²) in [7, 11) is 2.16. The summed E-state index contributed by atoms with van der Waals surface area (Å²) in [6, 6.07) is 9.84. The van der Waals surface area contributed by atoms with Gasteiger partial charge in [-0.25, -0.2) is 4.59 Å². The maximum Gasteiger partial charge on any atom is 0.153 e. The average Bonchev–Trinajstić information content (AvgIpc) is 2.65. The number of nitrogens with zero attached hydrogens (tertiary/aromatic N) is 1. The molecule has 1 aromatic rings. The molecule has 0 amide bonds. The third kappa shape index (κ3) is 2.25. The van der Waals surface area contributed by atoms with E-state index in [2.05, 4.69) is 12.6 Å². The second-order valence-electron chi connectivity index (χ2n) is 4.06. The Balaban J connectivity index is 1.88. The van der Waals surface area contributed by atoms with Crippen molar-refractivity contribution in [2.75, 3.05) is 20.1 Å². The van der Waals surface area contributed by atoms with E-state index < -0.39 is 0 Å². The first kappa shape index (κ1) is 9.49. The summed E-state index contributed by atoms with van der Waals surface area (Å²) in [5.41, 5.74) is 3.11. The van der Waals surface area contributed by atoms with Gasteiger partial charge in [0, 0.05) is 18.4 Å². The van der Waals surface area contributed by atoms with Crippen molar-refractivity contribution in [2.24, 2.45) is 0 Å². The van der Waals surface area contributed by atoms with Crippen LogP contribution in [0.15, 0.2) is 30.3 Å². The number of quaternary nitrogens is 1. The van der Waals surface area contributed by atoms with Crippen molar-refractivity contribution in [3.8, 4) is 5.75 Å². The molecule has 0 bridgehead atoms. The SMILES string of the molecule is C[N+]1(NOc2ccccc2)CCCC1. The zero-order valence-corrected chi connectivity index (χ0v) is 8.57. The van der Waals surface area contributed by atoms with Gasteiger partial charge < -0.3 is 4.84 Å². The van der Waals surface area contributed by atoms with Gasteiger partial charge >= 0.3 is 0 Å². The second-order valence-corrected chi connectivity index (χ2v) is 4.06. The lowest BCUT2D eigenvalue weighted by molar-refractivity contribution is -0.963. The van der Waals surface area contributed by atoms with Gasteiger partial charge in [0.2, 0.25) is 0 Å². The minimum atomic E-state index is 0.814. The number of rotatable bonds is 3. The van der Waals surface area contributed by atoms with Crippen molar-refractivity contribution in [1.82, 2.24) is 5.59 Å². The molecule has 1 aliphatic rings. The van der Waals surface area contributed by atoms with Crippen LogP contribution >= 0.6 is 0 Å². The van der Waals surface area contributed by atoms with Crippen LogP contribution in [0, 0.1) is 0 Å². The first-order chi connectivity index (χ1) is 6.79. The Morgan fingerprint density at radius 2 is 1.79 bits per heavy atom. The van der Waals surface area contributed by atoms with E-state index in [1.807, 2.05) is 30.3 Å². The van der Waals surface area contributed by atoms with Gasteiger partial charge in [0.15, 0.2) is 5.75 Å². The van der Waals surface area contributed by atoms with Crippen molar-refractivity contribution in [3.63, 3.8) is 0 Å². The quantitative estimate of drug-likeness (QED) is 0.583. The highest BCUT2D eigenvalue weighted by Crippen LogP contribution is 2.14. The van der Waals surface area contributed by atoms with Gasteiger partial charge in [0.05, 0.1) is 20.1 Å². The van der Waals surface area contributed by atoms with Gasteiger partial charge in [0.25, 0.3) is 0 Å². The Hall–Kier alpha value is -1.06. The molecule has 76 valence electrons. The van der Waals surface area contributed by atoms with Crippen LogP contribution in [0.3, 0.4) is 0 Å². The standard InChI is InChI=1S/C11H17N2O/c1-13(9-5-6-10-13)12-14-11-7-3-2-4-8-11/h2-4,7-8,12H,5-6,9-10H2,1H3/q+1. The number of nitrogens with one attached hydrogen (secondary N) is 1.